The van der Waals surface area contributed by atoms with Gasteiger partial charge in [0.2, 0.25) is 15.9 Å². The topological polar surface area (TPSA) is 66.5 Å². The van der Waals surface area contributed by atoms with Crippen LogP contribution in [0.2, 0.25) is 5.02 Å². The maximum absolute atomic E-state index is 13.5. The molecule has 0 heterocycles. The van der Waals surface area contributed by atoms with Crippen LogP contribution in [0.1, 0.15) is 24.5 Å². The number of nitrogens with one attached hydrogen (secondary N) is 1. The molecule has 2 aromatic carbocycles. The van der Waals surface area contributed by atoms with Gasteiger partial charge in [0.15, 0.2) is 0 Å². The van der Waals surface area contributed by atoms with Crippen molar-refractivity contribution >= 4 is 33.2 Å². The monoisotopic (exact) mass is 466 g/mol. The summed E-state index contributed by atoms with van der Waals surface area (Å²) in [5.41, 5.74) is -0.672. The van der Waals surface area contributed by atoms with Crippen molar-refractivity contribution in [1.29, 1.82) is 0 Å². The highest BCUT2D eigenvalue weighted by atomic mass is 35.5. The Morgan fingerprint density at radius 2 is 1.87 bits per heavy atom. The summed E-state index contributed by atoms with van der Waals surface area (Å²) in [5, 5.41) is 2.14. The van der Waals surface area contributed by atoms with Gasteiger partial charge >= 0.3 is 6.18 Å². The van der Waals surface area contributed by atoms with Crippen LogP contribution in [0.3, 0.4) is 0 Å². The summed E-state index contributed by atoms with van der Waals surface area (Å²) in [6, 6.07) is 6.44. The van der Waals surface area contributed by atoms with Crippen LogP contribution in [0.5, 0.6) is 0 Å². The molecule has 0 aromatic heterocycles. The molecule has 0 radical (unpaired) electrons. The van der Waals surface area contributed by atoms with Crippen molar-refractivity contribution in [2.75, 3.05) is 10.6 Å². The molecule has 0 aliphatic heterocycles. The van der Waals surface area contributed by atoms with Crippen molar-refractivity contribution in [2.45, 2.75) is 32.1 Å². The third kappa shape index (κ3) is 5.85. The quantitative estimate of drug-likeness (QED) is 0.617. The number of carbonyl (C=O) groups excluding carboxylic acids is 1. The first-order valence-electron chi connectivity index (χ1n) is 8.73. The summed E-state index contributed by atoms with van der Waals surface area (Å²) in [7, 11) is -3.97. The minimum absolute atomic E-state index is 0.00929. The van der Waals surface area contributed by atoms with Gasteiger partial charge in [0.25, 0.3) is 0 Å². The number of amides is 1. The number of carbonyl (C=O) groups is 1. The predicted octanol–water partition coefficient (Wildman–Crippen LogP) is 4.36. The summed E-state index contributed by atoms with van der Waals surface area (Å²) < 4.78 is 77.5. The van der Waals surface area contributed by atoms with Gasteiger partial charge in [0.05, 0.1) is 22.5 Å². The first kappa shape index (κ1) is 23.9. The number of halogens is 5. The number of alkyl halides is 3. The van der Waals surface area contributed by atoms with Crippen molar-refractivity contribution in [1.82, 2.24) is 5.32 Å². The fraction of sp³-hybridized carbons (Fsp3) is 0.316. The number of benzene rings is 2. The maximum Gasteiger partial charge on any atom is 0.416 e. The first-order valence-corrected chi connectivity index (χ1v) is 11.0. The van der Waals surface area contributed by atoms with Crippen LogP contribution in [0.15, 0.2) is 42.5 Å². The lowest BCUT2D eigenvalue weighted by molar-refractivity contribution is -0.137. The zero-order valence-corrected chi connectivity index (χ0v) is 17.6. The van der Waals surface area contributed by atoms with Gasteiger partial charge in [-0.3, -0.25) is 9.10 Å². The molecule has 11 heteroatoms. The Kier molecular flexibility index (Phi) is 7.36. The molecule has 0 aliphatic rings. The lowest BCUT2D eigenvalue weighted by Gasteiger charge is -2.30. The fourth-order valence-electron chi connectivity index (χ4n) is 2.85. The smallest absolute Gasteiger partial charge is 0.350 e. The van der Waals surface area contributed by atoms with Gasteiger partial charge in [0, 0.05) is 6.54 Å². The summed E-state index contributed by atoms with van der Waals surface area (Å²) in [4.78, 5) is 12.7. The number of anilines is 1. The molecule has 1 N–H and O–H groups in total. The number of hydrogen-bond donors (Lipinski definition) is 1. The number of hydrogen-bond acceptors (Lipinski definition) is 3. The summed E-state index contributed by atoms with van der Waals surface area (Å²) in [6.07, 6.45) is -3.59. The second-order valence-corrected chi connectivity index (χ2v) is 8.76. The Morgan fingerprint density at radius 3 is 2.40 bits per heavy atom. The molecule has 0 aliphatic carbocycles. The number of rotatable bonds is 7. The Hall–Kier alpha value is -2.33. The van der Waals surface area contributed by atoms with E-state index < -0.39 is 39.5 Å². The van der Waals surface area contributed by atoms with Gasteiger partial charge in [-0.15, -0.1) is 0 Å². The molecule has 1 atom stereocenters. The third-order valence-corrected chi connectivity index (χ3v) is 5.68. The van der Waals surface area contributed by atoms with Gasteiger partial charge in [-0.2, -0.15) is 13.2 Å². The van der Waals surface area contributed by atoms with E-state index in [-0.39, 0.29) is 29.2 Å². The summed E-state index contributed by atoms with van der Waals surface area (Å²) in [5.74, 6) is -1.48. The number of sulfonamides is 1. The van der Waals surface area contributed by atoms with Crippen LogP contribution in [0, 0.1) is 5.82 Å². The van der Waals surface area contributed by atoms with Crippen LogP contribution < -0.4 is 9.62 Å². The van der Waals surface area contributed by atoms with E-state index in [1.54, 1.807) is 6.92 Å². The first-order chi connectivity index (χ1) is 13.8. The fourth-order valence-corrected chi connectivity index (χ4v) is 4.23. The second-order valence-electron chi connectivity index (χ2n) is 6.50. The van der Waals surface area contributed by atoms with Crippen molar-refractivity contribution in [3.05, 3.63) is 64.4 Å². The molecule has 0 saturated carbocycles. The average molecular weight is 467 g/mol. The van der Waals surface area contributed by atoms with Crippen molar-refractivity contribution in [3.63, 3.8) is 0 Å². The Bertz CT molecular complexity index is 1030. The zero-order valence-electron chi connectivity index (χ0n) is 16.0. The second kappa shape index (κ2) is 9.22. The molecule has 0 bridgehead atoms. The van der Waals surface area contributed by atoms with E-state index in [1.807, 2.05) is 0 Å². The van der Waals surface area contributed by atoms with Crippen molar-refractivity contribution in [3.8, 4) is 0 Å². The SMILES string of the molecule is CC[C@H](C(=O)NCc1cccc(C(F)(F)F)c1)N(c1ccc(F)c(Cl)c1)S(C)(=O)=O. The van der Waals surface area contributed by atoms with Crippen LogP contribution in [-0.2, 0) is 27.5 Å². The van der Waals surface area contributed by atoms with Crippen LogP contribution in [0.4, 0.5) is 23.2 Å². The zero-order chi connectivity index (χ0) is 22.7. The predicted molar refractivity (Wildman–Crippen MR) is 106 cm³/mol. The van der Waals surface area contributed by atoms with E-state index >= 15 is 0 Å². The standard InChI is InChI=1S/C19H19ClF4N2O3S/c1-3-17(26(30(2,28)29)14-7-8-16(21)15(20)10-14)18(27)25-11-12-5-4-6-13(9-12)19(22,23)24/h4-10,17H,3,11H2,1-2H3,(H,25,27)/t17-/m1/s1. The molecule has 0 fully saturated rings. The van der Waals surface area contributed by atoms with E-state index in [0.717, 1.165) is 34.8 Å². The number of nitrogens with zero attached hydrogens (tertiary/aromatic N) is 1. The average Bonchev–Trinajstić information content (AvgIpc) is 2.65. The molecule has 0 saturated heterocycles. The molecular weight excluding hydrogens is 448 g/mol. The summed E-state index contributed by atoms with van der Waals surface area (Å²) >= 11 is 5.74. The van der Waals surface area contributed by atoms with E-state index in [1.165, 1.54) is 18.2 Å². The molecule has 1 amide bonds. The van der Waals surface area contributed by atoms with E-state index in [0.29, 0.717) is 0 Å². The summed E-state index contributed by atoms with van der Waals surface area (Å²) in [6.45, 7) is 1.33. The van der Waals surface area contributed by atoms with E-state index in [4.69, 9.17) is 11.6 Å². The highest BCUT2D eigenvalue weighted by molar-refractivity contribution is 7.92. The van der Waals surface area contributed by atoms with E-state index in [2.05, 4.69) is 5.32 Å². The molecule has 164 valence electrons. The Balaban J connectivity index is 2.27. The Morgan fingerprint density at radius 1 is 1.20 bits per heavy atom. The van der Waals surface area contributed by atoms with Gasteiger partial charge in [-0.25, -0.2) is 12.8 Å². The molecule has 5 nitrogen and oxygen atoms in total. The van der Waals surface area contributed by atoms with Crippen molar-refractivity contribution in [2.24, 2.45) is 0 Å². The molecule has 0 spiro atoms. The normalized spacial score (nSPS) is 13.0. The molecule has 0 unspecified atom stereocenters. The maximum atomic E-state index is 13.5. The van der Waals surface area contributed by atoms with E-state index in [9.17, 15) is 30.8 Å². The van der Waals surface area contributed by atoms with Crippen LogP contribution in [0.25, 0.3) is 0 Å². The molecular formula is C19H19ClF4N2O3S. The highest BCUT2D eigenvalue weighted by Crippen LogP contribution is 2.30. The lowest BCUT2D eigenvalue weighted by Crippen LogP contribution is -2.49. The Labute approximate surface area is 176 Å². The molecule has 2 rings (SSSR count). The van der Waals surface area contributed by atoms with Gasteiger partial charge in [0.1, 0.15) is 11.9 Å². The lowest BCUT2D eigenvalue weighted by atomic mass is 10.1. The molecule has 30 heavy (non-hydrogen) atoms. The molecule has 2 aromatic rings. The van der Waals surface area contributed by atoms with Gasteiger partial charge in [-0.1, -0.05) is 30.7 Å². The largest absolute Gasteiger partial charge is 0.416 e. The third-order valence-electron chi connectivity index (χ3n) is 4.21. The minimum Gasteiger partial charge on any atom is -0.350 e. The highest BCUT2D eigenvalue weighted by Gasteiger charge is 2.32. The minimum atomic E-state index is -4.53. The van der Waals surface area contributed by atoms with Crippen LogP contribution >= 0.6 is 11.6 Å². The van der Waals surface area contributed by atoms with Crippen LogP contribution in [-0.4, -0.2) is 26.6 Å². The van der Waals surface area contributed by atoms with Gasteiger partial charge in [-0.05, 0) is 42.3 Å². The van der Waals surface area contributed by atoms with Crippen molar-refractivity contribution < 1.29 is 30.8 Å². The van der Waals surface area contributed by atoms with Gasteiger partial charge < -0.3 is 5.32 Å².